The molecule has 2 rings (SSSR count). The molecule has 0 spiro atoms. The van der Waals surface area contributed by atoms with Crippen molar-refractivity contribution in [3.63, 3.8) is 0 Å². The molecule has 0 saturated heterocycles. The van der Waals surface area contributed by atoms with Gasteiger partial charge < -0.3 is 15.6 Å². The van der Waals surface area contributed by atoms with Crippen LogP contribution in [0.4, 0.5) is 18.9 Å². The number of halogens is 3. The van der Waals surface area contributed by atoms with Gasteiger partial charge in [-0.2, -0.15) is 8.78 Å². The van der Waals surface area contributed by atoms with Gasteiger partial charge in [-0.05, 0) is 36.8 Å². The molecule has 2 amide bonds. The molecule has 0 radical (unpaired) electrons. The molecule has 3 N–H and O–H groups in total. The van der Waals surface area contributed by atoms with Crippen LogP contribution in [0.15, 0.2) is 30.5 Å². The van der Waals surface area contributed by atoms with Crippen molar-refractivity contribution < 1.29 is 22.8 Å². The summed E-state index contributed by atoms with van der Waals surface area (Å²) in [5.74, 6) is -7.16. The summed E-state index contributed by atoms with van der Waals surface area (Å²) in [6, 6.07) is 4.96. The van der Waals surface area contributed by atoms with Crippen molar-refractivity contribution in [2.24, 2.45) is 12.8 Å². The molecule has 0 fully saturated rings. The SMILES string of the molecule is Cc1cc(NC(=O)c2ccn(C)c2C(F)(F)C(N)=O)ccc1F. The zero-order chi connectivity index (χ0) is 17.4. The van der Waals surface area contributed by atoms with Crippen LogP contribution in [-0.4, -0.2) is 16.4 Å². The van der Waals surface area contributed by atoms with E-state index in [1.165, 1.54) is 32.3 Å². The summed E-state index contributed by atoms with van der Waals surface area (Å²) in [5, 5.41) is 2.39. The maximum atomic E-state index is 13.9. The van der Waals surface area contributed by atoms with Crippen LogP contribution in [-0.2, 0) is 17.8 Å². The number of nitrogens with one attached hydrogen (secondary N) is 1. The summed E-state index contributed by atoms with van der Waals surface area (Å²) < 4.78 is 42.0. The Labute approximate surface area is 129 Å². The van der Waals surface area contributed by atoms with Crippen molar-refractivity contribution >= 4 is 17.5 Å². The largest absolute Gasteiger partial charge is 0.364 e. The third kappa shape index (κ3) is 3.05. The molecule has 8 heteroatoms. The Hall–Kier alpha value is -2.77. The van der Waals surface area contributed by atoms with Gasteiger partial charge in [0.25, 0.3) is 11.8 Å². The lowest BCUT2D eigenvalue weighted by Crippen LogP contribution is -2.36. The van der Waals surface area contributed by atoms with Gasteiger partial charge in [0.2, 0.25) is 0 Å². The molecular weight excluding hydrogens is 311 g/mol. The average Bonchev–Trinajstić information content (AvgIpc) is 2.85. The third-order valence-corrected chi connectivity index (χ3v) is 3.34. The smallest absolute Gasteiger partial charge is 0.364 e. The Bertz CT molecular complexity index is 784. The van der Waals surface area contributed by atoms with E-state index in [1.807, 2.05) is 0 Å². The van der Waals surface area contributed by atoms with E-state index in [1.54, 1.807) is 0 Å². The zero-order valence-corrected chi connectivity index (χ0v) is 12.4. The minimum atomic E-state index is -4.00. The maximum absolute atomic E-state index is 13.9. The fourth-order valence-electron chi connectivity index (χ4n) is 2.14. The number of nitrogens with zero attached hydrogens (tertiary/aromatic N) is 1. The maximum Gasteiger partial charge on any atom is 0.364 e. The number of aromatic nitrogens is 1. The predicted molar refractivity (Wildman–Crippen MR) is 77.6 cm³/mol. The number of nitrogens with two attached hydrogens (primary N) is 1. The minimum Gasteiger partial charge on any atom is -0.364 e. The number of alkyl halides is 2. The monoisotopic (exact) mass is 325 g/mol. The summed E-state index contributed by atoms with van der Waals surface area (Å²) in [7, 11) is 1.27. The van der Waals surface area contributed by atoms with Gasteiger partial charge in [0.15, 0.2) is 0 Å². The van der Waals surface area contributed by atoms with Gasteiger partial charge in [-0.1, -0.05) is 0 Å². The Morgan fingerprint density at radius 2 is 1.91 bits per heavy atom. The molecular formula is C15H14F3N3O2. The second-order valence-electron chi connectivity index (χ2n) is 5.05. The van der Waals surface area contributed by atoms with Crippen molar-refractivity contribution in [1.29, 1.82) is 0 Å². The number of amides is 2. The highest BCUT2D eigenvalue weighted by Crippen LogP contribution is 2.31. The van der Waals surface area contributed by atoms with Gasteiger partial charge in [0.1, 0.15) is 11.5 Å². The number of hydrogen-bond donors (Lipinski definition) is 2. The van der Waals surface area contributed by atoms with E-state index in [2.05, 4.69) is 5.32 Å². The molecule has 5 nitrogen and oxygen atoms in total. The standard InChI is InChI=1S/C15H14F3N3O2/c1-8-7-9(3-4-11(8)16)20-13(22)10-5-6-21(2)12(10)15(17,18)14(19)23/h3-7H,1-2H3,(H2,19,23)(H,20,22). The first-order chi connectivity index (χ1) is 10.6. The van der Waals surface area contributed by atoms with Gasteiger partial charge in [-0.25, -0.2) is 4.39 Å². The topological polar surface area (TPSA) is 77.1 Å². The van der Waals surface area contributed by atoms with Crippen molar-refractivity contribution in [3.05, 3.63) is 53.1 Å². The Balaban J connectivity index is 2.37. The predicted octanol–water partition coefficient (Wildman–Crippen LogP) is 2.30. The molecule has 0 unspecified atom stereocenters. The molecule has 1 heterocycles. The molecule has 1 aromatic heterocycles. The van der Waals surface area contributed by atoms with Crippen LogP contribution in [0.5, 0.6) is 0 Å². The van der Waals surface area contributed by atoms with Gasteiger partial charge in [0.05, 0.1) is 5.56 Å². The fourth-order valence-corrected chi connectivity index (χ4v) is 2.14. The second kappa shape index (κ2) is 5.79. The van der Waals surface area contributed by atoms with Crippen LogP contribution >= 0.6 is 0 Å². The van der Waals surface area contributed by atoms with E-state index in [0.29, 0.717) is 5.56 Å². The molecule has 0 aliphatic heterocycles. The van der Waals surface area contributed by atoms with Crippen molar-refractivity contribution in [1.82, 2.24) is 4.57 Å². The van der Waals surface area contributed by atoms with E-state index in [4.69, 9.17) is 5.73 Å². The van der Waals surface area contributed by atoms with Crippen LogP contribution in [0, 0.1) is 12.7 Å². The van der Waals surface area contributed by atoms with Crippen LogP contribution in [0.3, 0.4) is 0 Å². The van der Waals surface area contributed by atoms with E-state index in [9.17, 15) is 22.8 Å². The molecule has 0 atom stereocenters. The zero-order valence-electron chi connectivity index (χ0n) is 12.4. The lowest BCUT2D eigenvalue weighted by Gasteiger charge is -2.16. The molecule has 2 aromatic rings. The molecule has 0 aliphatic rings. The van der Waals surface area contributed by atoms with Crippen molar-refractivity contribution in [2.45, 2.75) is 12.8 Å². The van der Waals surface area contributed by atoms with E-state index in [0.717, 1.165) is 16.7 Å². The fraction of sp³-hybridized carbons (Fsp3) is 0.200. The number of aryl methyl sites for hydroxylation is 2. The molecule has 23 heavy (non-hydrogen) atoms. The molecule has 0 saturated carbocycles. The number of carbonyl (C=O) groups is 2. The first-order valence-electron chi connectivity index (χ1n) is 6.55. The summed E-state index contributed by atoms with van der Waals surface area (Å²) in [4.78, 5) is 23.2. The van der Waals surface area contributed by atoms with Crippen molar-refractivity contribution in [3.8, 4) is 0 Å². The quantitative estimate of drug-likeness (QED) is 0.905. The van der Waals surface area contributed by atoms with Crippen LogP contribution < -0.4 is 11.1 Å². The number of rotatable bonds is 4. The van der Waals surface area contributed by atoms with E-state index >= 15 is 0 Å². The van der Waals surface area contributed by atoms with Crippen LogP contribution in [0.2, 0.25) is 0 Å². The van der Waals surface area contributed by atoms with Crippen LogP contribution in [0.1, 0.15) is 21.6 Å². The summed E-state index contributed by atoms with van der Waals surface area (Å²) in [5.41, 5.74) is 4.05. The molecule has 0 bridgehead atoms. The summed E-state index contributed by atoms with van der Waals surface area (Å²) in [6.07, 6.45) is 1.22. The highest BCUT2D eigenvalue weighted by atomic mass is 19.3. The Morgan fingerprint density at radius 3 is 2.48 bits per heavy atom. The number of hydrogen-bond acceptors (Lipinski definition) is 2. The lowest BCUT2D eigenvalue weighted by atomic mass is 10.1. The summed E-state index contributed by atoms with van der Waals surface area (Å²) >= 11 is 0. The second-order valence-corrected chi connectivity index (χ2v) is 5.05. The Kier molecular flexibility index (Phi) is 4.18. The minimum absolute atomic E-state index is 0.242. The van der Waals surface area contributed by atoms with Crippen LogP contribution in [0.25, 0.3) is 0 Å². The van der Waals surface area contributed by atoms with Gasteiger partial charge in [-0.3, -0.25) is 9.59 Å². The first kappa shape index (κ1) is 16.6. The molecule has 122 valence electrons. The number of benzene rings is 1. The highest BCUT2D eigenvalue weighted by molar-refractivity contribution is 6.06. The van der Waals surface area contributed by atoms with Crippen molar-refractivity contribution in [2.75, 3.05) is 5.32 Å². The number of anilines is 1. The molecule has 1 aromatic carbocycles. The molecule has 0 aliphatic carbocycles. The lowest BCUT2D eigenvalue weighted by molar-refractivity contribution is -0.144. The van der Waals surface area contributed by atoms with Gasteiger partial charge in [-0.15, -0.1) is 0 Å². The van der Waals surface area contributed by atoms with E-state index < -0.39 is 34.8 Å². The van der Waals surface area contributed by atoms with Gasteiger partial charge >= 0.3 is 5.92 Å². The van der Waals surface area contributed by atoms with Gasteiger partial charge in [0, 0.05) is 18.9 Å². The normalized spacial score (nSPS) is 11.3. The number of carbonyl (C=O) groups excluding carboxylic acids is 2. The highest BCUT2D eigenvalue weighted by Gasteiger charge is 2.44. The number of primary amides is 1. The summed E-state index contributed by atoms with van der Waals surface area (Å²) in [6.45, 7) is 1.50. The Morgan fingerprint density at radius 1 is 1.26 bits per heavy atom. The average molecular weight is 325 g/mol. The van der Waals surface area contributed by atoms with E-state index in [-0.39, 0.29) is 5.69 Å². The first-order valence-corrected chi connectivity index (χ1v) is 6.55. The third-order valence-electron chi connectivity index (χ3n) is 3.34.